The van der Waals surface area contributed by atoms with Gasteiger partial charge in [-0.2, -0.15) is 0 Å². The first-order valence-corrected chi connectivity index (χ1v) is 15.3. The first-order chi connectivity index (χ1) is 20.0. The van der Waals surface area contributed by atoms with Gasteiger partial charge in [-0.3, -0.25) is 19.6 Å². The lowest BCUT2D eigenvalue weighted by molar-refractivity contribution is 0.0619. The van der Waals surface area contributed by atoms with Crippen LogP contribution in [0.4, 0.5) is 0 Å². The van der Waals surface area contributed by atoms with Gasteiger partial charge in [0.1, 0.15) is 5.69 Å². The molecule has 9 heteroatoms. The summed E-state index contributed by atoms with van der Waals surface area (Å²) in [5.41, 5.74) is 6.86. The smallest absolute Gasteiger partial charge is 0.270 e. The Kier molecular flexibility index (Phi) is 8.55. The number of hydrogen-bond acceptors (Lipinski definition) is 6. The second-order valence-corrected chi connectivity index (χ2v) is 11.9. The normalized spacial score (nSPS) is 17.3. The van der Waals surface area contributed by atoms with Crippen molar-refractivity contribution in [3.63, 3.8) is 0 Å². The molecule has 0 saturated carbocycles. The minimum atomic E-state index is 0.134. The lowest BCUT2D eigenvalue weighted by Crippen LogP contribution is -2.48. The number of nitrogens with zero attached hydrogens (tertiary/aromatic N) is 6. The van der Waals surface area contributed by atoms with E-state index in [0.717, 1.165) is 87.5 Å². The molecule has 0 spiro atoms. The highest BCUT2D eigenvalue weighted by atomic mass is 127. The van der Waals surface area contributed by atoms with Crippen LogP contribution in [-0.2, 0) is 20.1 Å². The molecule has 6 rings (SSSR count). The van der Waals surface area contributed by atoms with Gasteiger partial charge in [-0.1, -0.05) is 42.0 Å². The number of piperazine rings is 1. The summed E-state index contributed by atoms with van der Waals surface area (Å²) in [4.78, 5) is 29.2. The Labute approximate surface area is 256 Å². The fraction of sp³-hybridized carbons (Fsp3) is 0.406. The number of fused-ring (bicyclic) bond motifs is 1. The van der Waals surface area contributed by atoms with Gasteiger partial charge in [0.25, 0.3) is 5.91 Å². The third kappa shape index (κ3) is 6.42. The minimum Gasteiger partial charge on any atom is -0.407 e. The molecule has 4 aromatic rings. The Morgan fingerprint density at radius 2 is 1.63 bits per heavy atom. The average molecular weight is 665 g/mol. The maximum Gasteiger partial charge on any atom is 0.270 e. The number of aromatic nitrogens is 3. The van der Waals surface area contributed by atoms with Crippen molar-refractivity contribution in [3.05, 3.63) is 89.0 Å². The number of likely N-dealkylation sites (tertiary alicyclic amines) is 1. The standard InChI is InChI=1S/C32H37IN6O2/c1-23-3-5-24(6-4-23)21-38-13-15-39(16-14-38)32(40)30-18-27-8-7-26(17-29(27)36(30)2)25-9-11-37(12-10-25)22-28-19-35-31(41-33)20-34-28/h3-8,17-20,25H,9-16,21-22H2,1-2H3. The number of carbonyl (C=O) groups is 1. The van der Waals surface area contributed by atoms with E-state index in [9.17, 15) is 4.79 Å². The van der Waals surface area contributed by atoms with Crippen LogP contribution in [-0.4, -0.2) is 74.4 Å². The summed E-state index contributed by atoms with van der Waals surface area (Å²) >= 11 is 1.82. The van der Waals surface area contributed by atoms with E-state index in [4.69, 9.17) is 3.07 Å². The number of aryl methyl sites for hydroxylation is 2. The van der Waals surface area contributed by atoms with Gasteiger partial charge < -0.3 is 12.5 Å². The van der Waals surface area contributed by atoms with E-state index in [1.165, 1.54) is 16.7 Å². The molecule has 2 saturated heterocycles. The summed E-state index contributed by atoms with van der Waals surface area (Å²) in [5.74, 6) is 1.19. The molecule has 4 heterocycles. The molecule has 0 atom stereocenters. The SMILES string of the molecule is Cc1ccc(CN2CCN(C(=O)c3cc4ccc(C5CCN(Cc6cnc(OI)cn6)CC5)cc4n3C)CC2)cc1. The van der Waals surface area contributed by atoms with Crippen LogP contribution in [0.5, 0.6) is 5.88 Å². The van der Waals surface area contributed by atoms with Crippen LogP contribution >= 0.6 is 23.0 Å². The Morgan fingerprint density at radius 1 is 0.902 bits per heavy atom. The number of piperidine rings is 1. The molecule has 214 valence electrons. The zero-order valence-electron chi connectivity index (χ0n) is 23.8. The summed E-state index contributed by atoms with van der Waals surface area (Å²) in [5, 5.41) is 1.13. The van der Waals surface area contributed by atoms with Crippen LogP contribution in [0.25, 0.3) is 10.9 Å². The lowest BCUT2D eigenvalue weighted by atomic mass is 9.89. The maximum absolute atomic E-state index is 13.6. The fourth-order valence-electron chi connectivity index (χ4n) is 6.15. The maximum atomic E-state index is 13.6. The van der Waals surface area contributed by atoms with Crippen LogP contribution in [0.3, 0.4) is 0 Å². The van der Waals surface area contributed by atoms with E-state index in [2.05, 4.69) is 79.8 Å². The van der Waals surface area contributed by atoms with Gasteiger partial charge in [0, 0.05) is 57.2 Å². The number of hydrogen-bond donors (Lipinski definition) is 0. The Morgan fingerprint density at radius 3 is 2.32 bits per heavy atom. The van der Waals surface area contributed by atoms with Gasteiger partial charge in [0.2, 0.25) is 5.88 Å². The summed E-state index contributed by atoms with van der Waals surface area (Å²) < 4.78 is 7.18. The zero-order chi connectivity index (χ0) is 28.3. The van der Waals surface area contributed by atoms with Crippen LogP contribution < -0.4 is 3.07 Å². The largest absolute Gasteiger partial charge is 0.407 e. The summed E-state index contributed by atoms with van der Waals surface area (Å²) in [6.07, 6.45) is 5.69. The Balaban J connectivity index is 1.06. The molecule has 1 amide bonds. The van der Waals surface area contributed by atoms with Crippen LogP contribution in [0, 0.1) is 6.92 Å². The molecule has 2 fully saturated rings. The molecule has 2 aromatic heterocycles. The van der Waals surface area contributed by atoms with Crippen molar-refractivity contribution in [2.45, 2.75) is 38.8 Å². The third-order valence-electron chi connectivity index (χ3n) is 8.68. The number of benzene rings is 2. The third-order valence-corrected chi connectivity index (χ3v) is 9.13. The van der Waals surface area contributed by atoms with Crippen molar-refractivity contribution in [1.82, 2.24) is 29.2 Å². The molecular formula is C32H37IN6O2. The molecule has 0 N–H and O–H groups in total. The van der Waals surface area contributed by atoms with Gasteiger partial charge >= 0.3 is 0 Å². The first-order valence-electron chi connectivity index (χ1n) is 14.5. The molecule has 0 unspecified atom stereocenters. The van der Waals surface area contributed by atoms with Crippen molar-refractivity contribution >= 4 is 39.8 Å². The highest BCUT2D eigenvalue weighted by Crippen LogP contribution is 2.32. The zero-order valence-corrected chi connectivity index (χ0v) is 26.0. The molecule has 0 aliphatic carbocycles. The molecular weight excluding hydrogens is 627 g/mol. The van der Waals surface area contributed by atoms with Crippen molar-refractivity contribution < 1.29 is 7.86 Å². The van der Waals surface area contributed by atoms with E-state index in [1.54, 1.807) is 12.4 Å². The molecule has 41 heavy (non-hydrogen) atoms. The highest BCUT2D eigenvalue weighted by Gasteiger charge is 2.26. The predicted molar refractivity (Wildman–Crippen MR) is 169 cm³/mol. The summed E-state index contributed by atoms with van der Waals surface area (Å²) in [6.45, 7) is 9.25. The van der Waals surface area contributed by atoms with Crippen LogP contribution in [0.1, 0.15) is 51.6 Å². The molecule has 2 aliphatic rings. The average Bonchev–Trinajstić information content (AvgIpc) is 3.34. The van der Waals surface area contributed by atoms with Gasteiger partial charge in [0.05, 0.1) is 18.1 Å². The second-order valence-electron chi connectivity index (χ2n) is 11.4. The predicted octanol–water partition coefficient (Wildman–Crippen LogP) is 5.34. The fourth-order valence-corrected chi connectivity index (χ4v) is 6.37. The quantitative estimate of drug-likeness (QED) is 0.249. The van der Waals surface area contributed by atoms with Gasteiger partial charge in [-0.05, 0) is 62.0 Å². The molecule has 2 aromatic carbocycles. The van der Waals surface area contributed by atoms with E-state index >= 15 is 0 Å². The van der Waals surface area contributed by atoms with Crippen LogP contribution in [0.15, 0.2) is 60.9 Å². The first kappa shape index (κ1) is 28.1. The van der Waals surface area contributed by atoms with E-state index in [1.807, 2.05) is 35.0 Å². The van der Waals surface area contributed by atoms with Crippen molar-refractivity contribution in [2.24, 2.45) is 7.05 Å². The van der Waals surface area contributed by atoms with E-state index in [0.29, 0.717) is 11.8 Å². The van der Waals surface area contributed by atoms with Gasteiger partial charge in [-0.15, -0.1) is 0 Å². The monoisotopic (exact) mass is 664 g/mol. The van der Waals surface area contributed by atoms with Gasteiger partial charge in [-0.25, -0.2) is 4.98 Å². The van der Waals surface area contributed by atoms with Crippen molar-refractivity contribution in [2.75, 3.05) is 39.3 Å². The summed E-state index contributed by atoms with van der Waals surface area (Å²) in [6, 6.07) is 17.6. The summed E-state index contributed by atoms with van der Waals surface area (Å²) in [7, 11) is 2.03. The minimum absolute atomic E-state index is 0.134. The lowest BCUT2D eigenvalue weighted by Gasteiger charge is -2.34. The van der Waals surface area contributed by atoms with Crippen LogP contribution in [0.2, 0.25) is 0 Å². The van der Waals surface area contributed by atoms with E-state index < -0.39 is 0 Å². The number of amides is 1. The molecule has 0 radical (unpaired) electrons. The highest BCUT2D eigenvalue weighted by molar-refractivity contribution is 14.1. The number of halogens is 1. The molecule has 8 nitrogen and oxygen atoms in total. The number of carbonyl (C=O) groups excluding carboxylic acids is 1. The van der Waals surface area contributed by atoms with Crippen molar-refractivity contribution in [1.29, 1.82) is 0 Å². The molecule has 2 aliphatic heterocycles. The number of rotatable bonds is 7. The second kappa shape index (κ2) is 12.5. The molecule has 0 bridgehead atoms. The Hall–Kier alpha value is -3.02. The van der Waals surface area contributed by atoms with Crippen molar-refractivity contribution in [3.8, 4) is 5.88 Å². The van der Waals surface area contributed by atoms with E-state index in [-0.39, 0.29) is 5.91 Å². The van der Waals surface area contributed by atoms with Gasteiger partial charge in [0.15, 0.2) is 23.0 Å². The Bertz CT molecular complexity index is 1490. The topological polar surface area (TPSA) is 66.7 Å².